The first-order valence-electron chi connectivity index (χ1n) is 6.36. The summed E-state index contributed by atoms with van der Waals surface area (Å²) < 4.78 is 26.0. The van der Waals surface area contributed by atoms with Crippen molar-refractivity contribution in [2.24, 2.45) is 5.92 Å². The van der Waals surface area contributed by atoms with Gasteiger partial charge in [0.05, 0.1) is 5.92 Å². The van der Waals surface area contributed by atoms with Gasteiger partial charge in [-0.05, 0) is 37.3 Å². The second-order valence-electron chi connectivity index (χ2n) is 4.42. The Kier molecular flexibility index (Phi) is 6.19. The Bertz CT molecular complexity index is 455. The van der Waals surface area contributed by atoms with Crippen molar-refractivity contribution in [1.29, 1.82) is 0 Å². The number of carboxylic acid groups (broad SMARTS) is 1. The summed E-state index contributed by atoms with van der Waals surface area (Å²) in [5.41, 5.74) is 0.469. The Balaban J connectivity index is 2.39. The molecule has 4 heteroatoms. The van der Waals surface area contributed by atoms with E-state index in [9.17, 15) is 13.6 Å². The van der Waals surface area contributed by atoms with Crippen LogP contribution in [0.1, 0.15) is 31.7 Å². The smallest absolute Gasteiger partial charge is 0.306 e. The van der Waals surface area contributed by atoms with Gasteiger partial charge in [0.1, 0.15) is 11.6 Å². The third-order valence-electron chi connectivity index (χ3n) is 3.02. The molecule has 0 aromatic heterocycles. The molecule has 0 bridgehead atoms. The number of rotatable bonds is 7. The maximum Gasteiger partial charge on any atom is 0.306 e. The first-order valence-corrected chi connectivity index (χ1v) is 6.36. The van der Waals surface area contributed by atoms with Gasteiger partial charge in [-0.3, -0.25) is 4.79 Å². The fourth-order valence-corrected chi connectivity index (χ4v) is 1.78. The van der Waals surface area contributed by atoms with Crippen LogP contribution in [0.5, 0.6) is 0 Å². The monoisotopic (exact) mass is 268 g/mol. The molecule has 0 saturated carbocycles. The lowest BCUT2D eigenvalue weighted by atomic mass is 10.0. The van der Waals surface area contributed by atoms with Gasteiger partial charge >= 0.3 is 5.97 Å². The predicted octanol–water partition coefficient (Wildman–Crippen LogP) is 3.95. The number of allylic oxidation sites excluding steroid dienone is 2. The van der Waals surface area contributed by atoms with Crippen molar-refractivity contribution in [1.82, 2.24) is 0 Å². The van der Waals surface area contributed by atoms with Gasteiger partial charge in [-0.25, -0.2) is 8.78 Å². The summed E-state index contributed by atoms with van der Waals surface area (Å²) in [6.45, 7) is 1.83. The van der Waals surface area contributed by atoms with E-state index in [0.29, 0.717) is 31.2 Å². The lowest BCUT2D eigenvalue weighted by Gasteiger charge is -2.05. The molecule has 1 unspecified atom stereocenters. The van der Waals surface area contributed by atoms with Crippen LogP contribution >= 0.6 is 0 Å². The molecule has 1 aromatic rings. The highest BCUT2D eigenvalue weighted by Gasteiger charge is 2.12. The van der Waals surface area contributed by atoms with Crippen LogP contribution in [0.3, 0.4) is 0 Å². The zero-order chi connectivity index (χ0) is 14.3. The second kappa shape index (κ2) is 7.67. The van der Waals surface area contributed by atoms with Gasteiger partial charge < -0.3 is 5.11 Å². The molecule has 1 rings (SSSR count). The van der Waals surface area contributed by atoms with E-state index >= 15 is 0 Å². The minimum absolute atomic E-state index is 0.362. The van der Waals surface area contributed by atoms with E-state index in [-0.39, 0.29) is 5.92 Å². The Morgan fingerprint density at radius 1 is 1.37 bits per heavy atom. The summed E-state index contributed by atoms with van der Waals surface area (Å²) in [5, 5.41) is 8.85. The number of halogens is 2. The number of carbonyl (C=O) groups is 1. The van der Waals surface area contributed by atoms with E-state index in [4.69, 9.17) is 5.11 Å². The fraction of sp³-hybridized carbons (Fsp3) is 0.400. The zero-order valence-corrected chi connectivity index (χ0v) is 10.9. The van der Waals surface area contributed by atoms with Crippen molar-refractivity contribution < 1.29 is 18.7 Å². The average Bonchev–Trinajstić information content (AvgIpc) is 2.35. The Morgan fingerprint density at radius 2 is 2.11 bits per heavy atom. The van der Waals surface area contributed by atoms with Gasteiger partial charge in [-0.2, -0.15) is 0 Å². The van der Waals surface area contributed by atoms with Gasteiger partial charge in [0, 0.05) is 6.07 Å². The summed E-state index contributed by atoms with van der Waals surface area (Å²) in [4.78, 5) is 10.8. The standard InChI is InChI=1S/C15H18F2O2/c1-2-11(15(18)19)6-4-3-5-7-12-8-9-13(16)10-14(12)17/h3-4,8-11H,2,5-7H2,1H3,(H,18,19)/b4-3+. The van der Waals surface area contributed by atoms with Crippen LogP contribution in [0, 0.1) is 17.6 Å². The van der Waals surface area contributed by atoms with Crippen LogP contribution in [-0.2, 0) is 11.2 Å². The van der Waals surface area contributed by atoms with E-state index in [1.54, 1.807) is 0 Å². The first-order chi connectivity index (χ1) is 9.04. The third kappa shape index (κ3) is 5.20. The topological polar surface area (TPSA) is 37.3 Å². The largest absolute Gasteiger partial charge is 0.481 e. The summed E-state index contributed by atoms with van der Waals surface area (Å²) in [5.74, 6) is -2.27. The zero-order valence-electron chi connectivity index (χ0n) is 10.9. The molecule has 0 radical (unpaired) electrons. The maximum absolute atomic E-state index is 13.3. The van der Waals surface area contributed by atoms with Crippen LogP contribution in [0.4, 0.5) is 8.78 Å². The number of carboxylic acids is 1. The summed E-state index contributed by atoms with van der Waals surface area (Å²) in [6, 6.07) is 3.54. The lowest BCUT2D eigenvalue weighted by Crippen LogP contribution is -2.11. The van der Waals surface area contributed by atoms with E-state index in [2.05, 4.69) is 0 Å². The van der Waals surface area contributed by atoms with E-state index < -0.39 is 17.6 Å². The lowest BCUT2D eigenvalue weighted by molar-refractivity contribution is -0.141. The van der Waals surface area contributed by atoms with Crippen LogP contribution in [0.15, 0.2) is 30.4 Å². The van der Waals surface area contributed by atoms with Crippen molar-refractivity contribution in [3.05, 3.63) is 47.5 Å². The van der Waals surface area contributed by atoms with Crippen molar-refractivity contribution in [3.63, 3.8) is 0 Å². The molecule has 0 spiro atoms. The first kappa shape index (κ1) is 15.3. The SMILES string of the molecule is CCC(C/C=C/CCc1ccc(F)cc1F)C(=O)O. The van der Waals surface area contributed by atoms with Gasteiger partial charge in [0.25, 0.3) is 0 Å². The molecule has 0 heterocycles. The van der Waals surface area contributed by atoms with Crippen molar-refractivity contribution in [2.75, 3.05) is 0 Å². The number of aliphatic carboxylic acids is 1. The van der Waals surface area contributed by atoms with Gasteiger partial charge in [0.15, 0.2) is 0 Å². The van der Waals surface area contributed by atoms with Crippen molar-refractivity contribution >= 4 is 5.97 Å². The molecule has 0 aliphatic rings. The number of benzene rings is 1. The van der Waals surface area contributed by atoms with Crippen LogP contribution in [-0.4, -0.2) is 11.1 Å². The molecule has 0 aliphatic carbocycles. The van der Waals surface area contributed by atoms with Gasteiger partial charge in [0.2, 0.25) is 0 Å². The molecule has 1 atom stereocenters. The van der Waals surface area contributed by atoms with Gasteiger partial charge in [-0.15, -0.1) is 0 Å². The van der Waals surface area contributed by atoms with Crippen LogP contribution < -0.4 is 0 Å². The molecule has 0 amide bonds. The highest BCUT2D eigenvalue weighted by molar-refractivity contribution is 5.70. The molecule has 1 N–H and O–H groups in total. The van der Waals surface area contributed by atoms with Crippen molar-refractivity contribution in [3.8, 4) is 0 Å². The maximum atomic E-state index is 13.3. The predicted molar refractivity (Wildman–Crippen MR) is 69.9 cm³/mol. The Labute approximate surface area is 111 Å². The molecule has 1 aromatic carbocycles. The molecule has 104 valence electrons. The third-order valence-corrected chi connectivity index (χ3v) is 3.02. The summed E-state index contributed by atoms with van der Waals surface area (Å²) in [7, 11) is 0. The molecule has 2 nitrogen and oxygen atoms in total. The van der Waals surface area contributed by atoms with E-state index in [1.807, 2.05) is 19.1 Å². The summed E-state index contributed by atoms with van der Waals surface area (Å²) in [6.07, 6.45) is 5.81. The number of hydrogen-bond donors (Lipinski definition) is 1. The highest BCUT2D eigenvalue weighted by Crippen LogP contribution is 2.13. The number of aryl methyl sites for hydroxylation is 1. The van der Waals surface area contributed by atoms with Crippen molar-refractivity contribution in [2.45, 2.75) is 32.6 Å². The molecular formula is C15H18F2O2. The highest BCUT2D eigenvalue weighted by atomic mass is 19.1. The Hall–Kier alpha value is -1.71. The molecule has 19 heavy (non-hydrogen) atoms. The fourth-order valence-electron chi connectivity index (χ4n) is 1.78. The van der Waals surface area contributed by atoms with E-state index in [0.717, 1.165) is 6.07 Å². The molecule has 0 aliphatic heterocycles. The number of hydrogen-bond acceptors (Lipinski definition) is 1. The van der Waals surface area contributed by atoms with Gasteiger partial charge in [-0.1, -0.05) is 25.1 Å². The second-order valence-corrected chi connectivity index (χ2v) is 4.42. The van der Waals surface area contributed by atoms with Crippen LogP contribution in [0.25, 0.3) is 0 Å². The minimum atomic E-state index is -0.795. The van der Waals surface area contributed by atoms with Crippen LogP contribution in [0.2, 0.25) is 0 Å². The molecular weight excluding hydrogens is 250 g/mol. The summed E-state index contributed by atoms with van der Waals surface area (Å²) >= 11 is 0. The normalized spacial score (nSPS) is 12.8. The molecule has 0 saturated heterocycles. The average molecular weight is 268 g/mol. The Morgan fingerprint density at radius 3 is 2.68 bits per heavy atom. The quantitative estimate of drug-likeness (QED) is 0.760. The molecule has 0 fully saturated rings. The van der Waals surface area contributed by atoms with E-state index in [1.165, 1.54) is 12.1 Å². The minimum Gasteiger partial charge on any atom is -0.481 e.